The Morgan fingerprint density at radius 3 is 2.33 bits per heavy atom. The van der Waals surface area contributed by atoms with E-state index in [-0.39, 0.29) is 11.2 Å². The molecule has 4 heteroatoms. The molecule has 1 N–H and O–H groups in total. The van der Waals surface area contributed by atoms with Gasteiger partial charge < -0.3 is 4.98 Å². The minimum absolute atomic E-state index is 0.285. The minimum Gasteiger partial charge on any atom is -0.314 e. The second-order valence-electron chi connectivity index (χ2n) is 4.60. The molecule has 0 aliphatic heterocycles. The summed E-state index contributed by atoms with van der Waals surface area (Å²) in [6, 6.07) is 9.32. The zero-order valence-corrected chi connectivity index (χ0v) is 10.5. The van der Waals surface area contributed by atoms with Crippen LogP contribution in [0.4, 0.5) is 0 Å². The Labute approximate surface area is 105 Å². The summed E-state index contributed by atoms with van der Waals surface area (Å²) in [6.45, 7) is 4.55. The van der Waals surface area contributed by atoms with E-state index >= 15 is 0 Å². The van der Waals surface area contributed by atoms with Gasteiger partial charge in [0.1, 0.15) is 0 Å². The van der Waals surface area contributed by atoms with Crippen LogP contribution in [-0.2, 0) is 6.54 Å². The predicted molar refractivity (Wildman–Crippen MR) is 71.0 cm³/mol. The number of rotatable bonds is 3. The number of H-pyrrole nitrogens is 1. The van der Waals surface area contributed by atoms with Crippen molar-refractivity contribution in [2.75, 3.05) is 0 Å². The van der Waals surface area contributed by atoms with Crippen molar-refractivity contribution in [2.24, 2.45) is 0 Å². The SMILES string of the molecule is CC(C)c1ccc(Cn2c(=O)cc[nH]c2=O)cc1. The van der Waals surface area contributed by atoms with Crippen LogP contribution in [0.15, 0.2) is 46.1 Å². The third-order valence-electron chi connectivity index (χ3n) is 2.93. The van der Waals surface area contributed by atoms with Gasteiger partial charge in [-0.1, -0.05) is 38.1 Å². The number of aromatic amines is 1. The molecule has 4 nitrogen and oxygen atoms in total. The first-order valence-corrected chi connectivity index (χ1v) is 5.95. The van der Waals surface area contributed by atoms with Gasteiger partial charge in [-0.15, -0.1) is 0 Å². The predicted octanol–water partition coefficient (Wildman–Crippen LogP) is 1.71. The van der Waals surface area contributed by atoms with E-state index < -0.39 is 0 Å². The average molecular weight is 244 g/mol. The van der Waals surface area contributed by atoms with E-state index in [1.165, 1.54) is 22.4 Å². The molecule has 2 rings (SSSR count). The zero-order chi connectivity index (χ0) is 13.1. The van der Waals surface area contributed by atoms with Gasteiger partial charge in [-0.05, 0) is 17.0 Å². The zero-order valence-electron chi connectivity index (χ0n) is 10.5. The molecule has 0 aliphatic carbocycles. The molecule has 0 atom stereocenters. The summed E-state index contributed by atoms with van der Waals surface area (Å²) in [4.78, 5) is 25.6. The second kappa shape index (κ2) is 5.04. The molecule has 94 valence electrons. The first-order chi connectivity index (χ1) is 8.58. The van der Waals surface area contributed by atoms with Gasteiger partial charge >= 0.3 is 5.69 Å². The third-order valence-corrected chi connectivity index (χ3v) is 2.93. The summed E-state index contributed by atoms with van der Waals surface area (Å²) in [5.74, 6) is 0.474. The van der Waals surface area contributed by atoms with Crippen molar-refractivity contribution < 1.29 is 0 Å². The number of hydrogen-bond donors (Lipinski definition) is 1. The quantitative estimate of drug-likeness (QED) is 0.893. The molecule has 0 fully saturated rings. The van der Waals surface area contributed by atoms with E-state index in [1.807, 2.05) is 24.3 Å². The lowest BCUT2D eigenvalue weighted by atomic mass is 10.0. The Hall–Kier alpha value is -2.10. The molecule has 0 saturated heterocycles. The molecule has 1 aromatic heterocycles. The average Bonchev–Trinajstić information content (AvgIpc) is 2.34. The van der Waals surface area contributed by atoms with Crippen LogP contribution in [0.5, 0.6) is 0 Å². The van der Waals surface area contributed by atoms with E-state index in [0.29, 0.717) is 12.5 Å². The third kappa shape index (κ3) is 2.59. The molecule has 0 amide bonds. The Morgan fingerprint density at radius 1 is 1.11 bits per heavy atom. The highest BCUT2D eigenvalue weighted by Crippen LogP contribution is 2.14. The standard InChI is InChI=1S/C14H16N2O2/c1-10(2)12-5-3-11(4-6-12)9-16-13(17)7-8-15-14(16)18/h3-8,10H,9H2,1-2H3,(H,15,18). The van der Waals surface area contributed by atoms with Crippen LogP contribution in [0.25, 0.3) is 0 Å². The first-order valence-electron chi connectivity index (χ1n) is 5.95. The van der Waals surface area contributed by atoms with Crippen LogP contribution in [0.1, 0.15) is 30.9 Å². The van der Waals surface area contributed by atoms with Gasteiger partial charge in [0.05, 0.1) is 6.54 Å². The van der Waals surface area contributed by atoms with E-state index in [4.69, 9.17) is 0 Å². The second-order valence-corrected chi connectivity index (χ2v) is 4.60. The van der Waals surface area contributed by atoms with Crippen molar-refractivity contribution in [3.05, 3.63) is 68.5 Å². The molecular formula is C14H16N2O2. The Kier molecular flexibility index (Phi) is 3.46. The minimum atomic E-state index is -0.379. The van der Waals surface area contributed by atoms with E-state index in [1.54, 1.807) is 0 Å². The molecule has 2 aromatic rings. The van der Waals surface area contributed by atoms with Crippen LogP contribution in [0, 0.1) is 0 Å². The van der Waals surface area contributed by atoms with Crippen LogP contribution >= 0.6 is 0 Å². The van der Waals surface area contributed by atoms with Gasteiger partial charge in [-0.25, -0.2) is 4.79 Å². The maximum atomic E-state index is 11.6. The maximum Gasteiger partial charge on any atom is 0.328 e. The summed E-state index contributed by atoms with van der Waals surface area (Å²) < 4.78 is 1.18. The molecule has 0 saturated carbocycles. The molecule has 0 bridgehead atoms. The lowest BCUT2D eigenvalue weighted by Crippen LogP contribution is -2.34. The van der Waals surface area contributed by atoms with Crippen molar-refractivity contribution in [3.8, 4) is 0 Å². The number of nitrogens with zero attached hydrogens (tertiary/aromatic N) is 1. The van der Waals surface area contributed by atoms with Gasteiger partial charge in [0.25, 0.3) is 5.56 Å². The molecule has 0 spiro atoms. The van der Waals surface area contributed by atoms with Crippen molar-refractivity contribution >= 4 is 0 Å². The Morgan fingerprint density at radius 2 is 1.78 bits per heavy atom. The summed E-state index contributed by atoms with van der Waals surface area (Å²) in [7, 11) is 0. The number of nitrogens with one attached hydrogen (secondary N) is 1. The normalized spacial score (nSPS) is 10.8. The van der Waals surface area contributed by atoms with Crippen LogP contribution in [0.2, 0.25) is 0 Å². The van der Waals surface area contributed by atoms with E-state index in [2.05, 4.69) is 18.8 Å². The summed E-state index contributed by atoms with van der Waals surface area (Å²) >= 11 is 0. The van der Waals surface area contributed by atoms with Gasteiger partial charge in [-0.2, -0.15) is 0 Å². The number of benzene rings is 1. The largest absolute Gasteiger partial charge is 0.328 e. The smallest absolute Gasteiger partial charge is 0.314 e. The van der Waals surface area contributed by atoms with Crippen LogP contribution in [-0.4, -0.2) is 9.55 Å². The molecule has 1 heterocycles. The molecule has 18 heavy (non-hydrogen) atoms. The summed E-state index contributed by atoms with van der Waals surface area (Å²) in [5.41, 5.74) is 1.52. The van der Waals surface area contributed by atoms with Gasteiger partial charge in [0.2, 0.25) is 0 Å². The Balaban J connectivity index is 2.29. The van der Waals surface area contributed by atoms with Crippen molar-refractivity contribution in [1.29, 1.82) is 0 Å². The fraction of sp³-hybridized carbons (Fsp3) is 0.286. The topological polar surface area (TPSA) is 54.9 Å². The highest BCUT2D eigenvalue weighted by Gasteiger charge is 2.03. The van der Waals surface area contributed by atoms with Gasteiger partial charge in [-0.3, -0.25) is 9.36 Å². The molecule has 0 unspecified atom stereocenters. The first kappa shape index (κ1) is 12.4. The molecular weight excluding hydrogens is 228 g/mol. The highest BCUT2D eigenvalue weighted by molar-refractivity contribution is 5.24. The van der Waals surface area contributed by atoms with Crippen molar-refractivity contribution in [1.82, 2.24) is 9.55 Å². The van der Waals surface area contributed by atoms with Gasteiger partial charge in [0, 0.05) is 12.3 Å². The van der Waals surface area contributed by atoms with E-state index in [0.717, 1.165) is 5.56 Å². The number of hydrogen-bond acceptors (Lipinski definition) is 2. The van der Waals surface area contributed by atoms with Crippen molar-refractivity contribution in [2.45, 2.75) is 26.3 Å². The highest BCUT2D eigenvalue weighted by atomic mass is 16.2. The van der Waals surface area contributed by atoms with Crippen LogP contribution < -0.4 is 11.2 Å². The molecule has 0 aliphatic rings. The molecule has 1 aromatic carbocycles. The Bertz CT molecular complexity index is 608. The fourth-order valence-corrected chi connectivity index (χ4v) is 1.79. The molecule has 0 radical (unpaired) electrons. The summed E-state index contributed by atoms with van der Waals surface area (Å²) in [6.07, 6.45) is 1.36. The summed E-state index contributed by atoms with van der Waals surface area (Å²) in [5, 5.41) is 0. The number of aromatic nitrogens is 2. The van der Waals surface area contributed by atoms with Gasteiger partial charge in [0.15, 0.2) is 0 Å². The maximum absolute atomic E-state index is 11.6. The monoisotopic (exact) mass is 244 g/mol. The van der Waals surface area contributed by atoms with E-state index in [9.17, 15) is 9.59 Å². The lowest BCUT2D eigenvalue weighted by molar-refractivity contribution is 0.698. The van der Waals surface area contributed by atoms with Crippen molar-refractivity contribution in [3.63, 3.8) is 0 Å². The lowest BCUT2D eigenvalue weighted by Gasteiger charge is -2.07. The van der Waals surface area contributed by atoms with Crippen LogP contribution in [0.3, 0.4) is 0 Å². The fourth-order valence-electron chi connectivity index (χ4n) is 1.79.